The third-order valence-electron chi connectivity index (χ3n) is 2.72. The van der Waals surface area contributed by atoms with E-state index in [0.29, 0.717) is 18.4 Å². The van der Waals surface area contributed by atoms with Gasteiger partial charge in [-0.3, -0.25) is 0 Å². The minimum atomic E-state index is 0.186. The highest BCUT2D eigenvalue weighted by Crippen LogP contribution is 2.06. The summed E-state index contributed by atoms with van der Waals surface area (Å²) in [6, 6.07) is 2.57. The normalized spacial score (nSPS) is 15.9. The van der Waals surface area contributed by atoms with Gasteiger partial charge in [-0.05, 0) is 47.2 Å². The summed E-state index contributed by atoms with van der Waals surface area (Å²) in [7, 11) is 2.09. The molecule has 0 saturated heterocycles. The Balaban J connectivity index is 3.87. The van der Waals surface area contributed by atoms with Crippen molar-refractivity contribution in [3.8, 4) is 6.07 Å². The van der Waals surface area contributed by atoms with Crippen molar-refractivity contribution >= 4 is 0 Å². The first-order chi connectivity index (χ1) is 7.26. The Bertz CT molecular complexity index is 224. The van der Waals surface area contributed by atoms with Crippen LogP contribution in [0.5, 0.6) is 0 Å². The van der Waals surface area contributed by atoms with E-state index >= 15 is 0 Å². The van der Waals surface area contributed by atoms with Crippen LogP contribution in [0.1, 0.15) is 41.0 Å². The van der Waals surface area contributed by atoms with Crippen LogP contribution in [0.25, 0.3) is 0 Å². The Morgan fingerprint density at radius 3 is 2.31 bits per heavy atom. The van der Waals surface area contributed by atoms with Gasteiger partial charge in [0.2, 0.25) is 0 Å². The summed E-state index contributed by atoms with van der Waals surface area (Å²) in [5, 5.41) is 12.1. The van der Waals surface area contributed by atoms with Gasteiger partial charge in [0.15, 0.2) is 0 Å². The average molecular weight is 225 g/mol. The van der Waals surface area contributed by atoms with E-state index in [2.05, 4.69) is 58.0 Å². The second-order valence-corrected chi connectivity index (χ2v) is 5.89. The van der Waals surface area contributed by atoms with Crippen LogP contribution >= 0.6 is 0 Å². The summed E-state index contributed by atoms with van der Waals surface area (Å²) in [5.74, 6) is 0.602. The first kappa shape index (κ1) is 15.4. The second kappa shape index (κ2) is 6.88. The van der Waals surface area contributed by atoms with Crippen LogP contribution in [0, 0.1) is 17.2 Å². The highest BCUT2D eigenvalue weighted by Gasteiger charge is 2.15. The van der Waals surface area contributed by atoms with Crippen molar-refractivity contribution in [3.63, 3.8) is 0 Å². The fourth-order valence-corrected chi connectivity index (χ4v) is 1.50. The first-order valence-electron chi connectivity index (χ1n) is 6.08. The SMILES string of the molecule is CC(CNC(C)(C)C)CN(C)C(C)CC#N. The molecule has 0 saturated carbocycles. The smallest absolute Gasteiger partial charge is 0.0638 e. The van der Waals surface area contributed by atoms with Crippen LogP contribution in [0.15, 0.2) is 0 Å². The number of hydrogen-bond acceptors (Lipinski definition) is 3. The fourth-order valence-electron chi connectivity index (χ4n) is 1.50. The lowest BCUT2D eigenvalue weighted by Gasteiger charge is -2.28. The molecular formula is C13H27N3. The van der Waals surface area contributed by atoms with Crippen molar-refractivity contribution in [3.05, 3.63) is 0 Å². The number of hydrogen-bond donors (Lipinski definition) is 1. The van der Waals surface area contributed by atoms with Crippen LogP contribution in [-0.2, 0) is 0 Å². The van der Waals surface area contributed by atoms with Crippen molar-refractivity contribution in [2.45, 2.75) is 52.6 Å². The Hall–Kier alpha value is -0.590. The molecule has 0 bridgehead atoms. The van der Waals surface area contributed by atoms with E-state index < -0.39 is 0 Å². The molecule has 0 rings (SSSR count). The molecular weight excluding hydrogens is 198 g/mol. The van der Waals surface area contributed by atoms with E-state index in [4.69, 9.17) is 5.26 Å². The van der Waals surface area contributed by atoms with Crippen LogP contribution in [0.3, 0.4) is 0 Å². The van der Waals surface area contributed by atoms with E-state index in [1.54, 1.807) is 0 Å². The molecule has 16 heavy (non-hydrogen) atoms. The lowest BCUT2D eigenvalue weighted by atomic mass is 10.1. The van der Waals surface area contributed by atoms with Gasteiger partial charge < -0.3 is 10.2 Å². The van der Waals surface area contributed by atoms with E-state index in [1.165, 1.54) is 0 Å². The molecule has 0 spiro atoms. The van der Waals surface area contributed by atoms with Gasteiger partial charge in [-0.25, -0.2) is 0 Å². The standard InChI is InChI=1S/C13H27N3/c1-11(9-15-13(3,4)5)10-16(6)12(2)7-8-14/h11-12,15H,7,9-10H2,1-6H3. The van der Waals surface area contributed by atoms with Crippen LogP contribution in [0.2, 0.25) is 0 Å². The maximum absolute atomic E-state index is 8.64. The third-order valence-corrected chi connectivity index (χ3v) is 2.72. The monoisotopic (exact) mass is 225 g/mol. The molecule has 0 fully saturated rings. The van der Waals surface area contributed by atoms with E-state index in [0.717, 1.165) is 13.1 Å². The Kier molecular flexibility index (Phi) is 6.62. The van der Waals surface area contributed by atoms with Gasteiger partial charge in [-0.1, -0.05) is 6.92 Å². The molecule has 2 atom stereocenters. The molecule has 0 aliphatic carbocycles. The summed E-state index contributed by atoms with van der Waals surface area (Å²) >= 11 is 0. The second-order valence-electron chi connectivity index (χ2n) is 5.89. The predicted octanol–water partition coefficient (Wildman–Crippen LogP) is 2.24. The maximum Gasteiger partial charge on any atom is 0.0638 e. The first-order valence-corrected chi connectivity index (χ1v) is 6.08. The molecule has 1 N–H and O–H groups in total. The minimum Gasteiger partial charge on any atom is -0.312 e. The maximum atomic E-state index is 8.64. The van der Waals surface area contributed by atoms with Gasteiger partial charge in [0.05, 0.1) is 12.5 Å². The van der Waals surface area contributed by atoms with Gasteiger partial charge in [0, 0.05) is 18.1 Å². The quantitative estimate of drug-likeness (QED) is 0.753. The Morgan fingerprint density at radius 1 is 1.31 bits per heavy atom. The van der Waals surface area contributed by atoms with Gasteiger partial charge in [-0.15, -0.1) is 0 Å². The molecule has 0 radical (unpaired) electrons. The van der Waals surface area contributed by atoms with Crippen LogP contribution < -0.4 is 5.32 Å². The molecule has 0 aliphatic heterocycles. The summed E-state index contributed by atoms with van der Waals surface area (Å²) in [4.78, 5) is 2.26. The molecule has 0 aromatic rings. The van der Waals surface area contributed by atoms with E-state index in [1.807, 2.05) is 0 Å². The van der Waals surface area contributed by atoms with Gasteiger partial charge >= 0.3 is 0 Å². The summed E-state index contributed by atoms with van der Waals surface area (Å²) in [5.41, 5.74) is 0.186. The van der Waals surface area contributed by atoms with Crippen molar-refractivity contribution < 1.29 is 0 Å². The highest BCUT2D eigenvalue weighted by atomic mass is 15.1. The lowest BCUT2D eigenvalue weighted by molar-refractivity contribution is 0.218. The number of nitriles is 1. The van der Waals surface area contributed by atoms with Gasteiger partial charge in [0.25, 0.3) is 0 Å². The van der Waals surface area contributed by atoms with Crippen LogP contribution in [0.4, 0.5) is 0 Å². The molecule has 0 heterocycles. The van der Waals surface area contributed by atoms with Crippen molar-refractivity contribution in [2.24, 2.45) is 5.92 Å². The molecule has 0 amide bonds. The summed E-state index contributed by atoms with van der Waals surface area (Å²) < 4.78 is 0. The Labute approximate surface area is 101 Å². The lowest BCUT2D eigenvalue weighted by Crippen LogP contribution is -2.42. The third kappa shape index (κ3) is 7.67. The average Bonchev–Trinajstić information content (AvgIpc) is 2.14. The number of nitrogens with one attached hydrogen (secondary N) is 1. The van der Waals surface area contributed by atoms with Crippen LogP contribution in [-0.4, -0.2) is 36.6 Å². The number of nitrogens with zero attached hydrogens (tertiary/aromatic N) is 2. The zero-order valence-electron chi connectivity index (χ0n) is 11.7. The fraction of sp³-hybridized carbons (Fsp3) is 0.923. The largest absolute Gasteiger partial charge is 0.312 e. The van der Waals surface area contributed by atoms with Crippen molar-refractivity contribution in [2.75, 3.05) is 20.1 Å². The van der Waals surface area contributed by atoms with E-state index in [-0.39, 0.29) is 5.54 Å². The highest BCUT2D eigenvalue weighted by molar-refractivity contribution is 4.80. The Morgan fingerprint density at radius 2 is 1.88 bits per heavy atom. The van der Waals surface area contributed by atoms with E-state index in [9.17, 15) is 0 Å². The zero-order valence-corrected chi connectivity index (χ0v) is 11.7. The van der Waals surface area contributed by atoms with Gasteiger partial charge in [0.1, 0.15) is 0 Å². The summed E-state index contributed by atoms with van der Waals surface area (Å²) in [6.45, 7) is 13.0. The molecule has 3 nitrogen and oxygen atoms in total. The molecule has 94 valence electrons. The topological polar surface area (TPSA) is 39.1 Å². The summed E-state index contributed by atoms with van der Waals surface area (Å²) in [6.07, 6.45) is 0.607. The minimum absolute atomic E-state index is 0.186. The van der Waals surface area contributed by atoms with Crippen molar-refractivity contribution in [1.82, 2.24) is 10.2 Å². The van der Waals surface area contributed by atoms with Crippen molar-refractivity contribution in [1.29, 1.82) is 5.26 Å². The van der Waals surface area contributed by atoms with Gasteiger partial charge in [-0.2, -0.15) is 5.26 Å². The molecule has 2 unspecified atom stereocenters. The predicted molar refractivity (Wildman–Crippen MR) is 69.2 cm³/mol. The molecule has 0 aromatic carbocycles. The molecule has 3 heteroatoms. The molecule has 0 aromatic heterocycles. The zero-order chi connectivity index (χ0) is 12.8. The number of rotatable bonds is 6. The molecule has 0 aliphatic rings.